The van der Waals surface area contributed by atoms with E-state index in [1.807, 2.05) is 7.05 Å². The Bertz CT molecular complexity index is 142. The third kappa shape index (κ3) is 2.31. The first-order valence-corrected chi connectivity index (χ1v) is 3.73. The second-order valence-corrected chi connectivity index (χ2v) is 2.92. The predicted octanol–water partition coefficient (Wildman–Crippen LogP) is -0.527. The standard InChI is InChI=1S/C7H12BNO2/c1-9-4-6(8)7(5-9)11-3-2-10/h2,6-7H,3-5H2,1H3. The molecule has 0 amide bonds. The number of rotatable bonds is 3. The molecule has 11 heavy (non-hydrogen) atoms. The van der Waals surface area contributed by atoms with Gasteiger partial charge in [0.05, 0.1) is 14.0 Å². The average molecular weight is 153 g/mol. The maximum absolute atomic E-state index is 9.97. The monoisotopic (exact) mass is 153 g/mol. The molecule has 0 aliphatic carbocycles. The first kappa shape index (κ1) is 8.75. The molecule has 1 saturated heterocycles. The Hall–Kier alpha value is -0.345. The van der Waals surface area contributed by atoms with Gasteiger partial charge in [0.1, 0.15) is 12.9 Å². The van der Waals surface area contributed by atoms with E-state index in [1.54, 1.807) is 0 Å². The number of hydrogen-bond donors (Lipinski definition) is 0. The molecule has 0 spiro atoms. The van der Waals surface area contributed by atoms with E-state index in [0.29, 0.717) is 0 Å². The maximum atomic E-state index is 9.97. The van der Waals surface area contributed by atoms with Crippen molar-refractivity contribution in [1.82, 2.24) is 4.90 Å². The van der Waals surface area contributed by atoms with Crippen molar-refractivity contribution in [2.45, 2.75) is 11.9 Å². The fourth-order valence-electron chi connectivity index (χ4n) is 1.33. The molecule has 1 fully saturated rings. The fraction of sp³-hybridized carbons (Fsp3) is 0.857. The summed E-state index contributed by atoms with van der Waals surface area (Å²) >= 11 is 0. The number of carbonyl (C=O) groups is 1. The van der Waals surface area contributed by atoms with E-state index in [1.165, 1.54) is 0 Å². The highest BCUT2D eigenvalue weighted by Crippen LogP contribution is 2.19. The molecule has 1 aliphatic heterocycles. The van der Waals surface area contributed by atoms with Crippen LogP contribution in [0.5, 0.6) is 0 Å². The molecule has 3 nitrogen and oxygen atoms in total. The summed E-state index contributed by atoms with van der Waals surface area (Å²) in [5, 5.41) is 0. The topological polar surface area (TPSA) is 29.5 Å². The number of nitrogens with zero attached hydrogens (tertiary/aromatic N) is 1. The minimum atomic E-state index is 0.0326. The van der Waals surface area contributed by atoms with E-state index >= 15 is 0 Å². The Morgan fingerprint density at radius 3 is 2.91 bits per heavy atom. The normalized spacial score (nSPS) is 32.5. The van der Waals surface area contributed by atoms with Crippen LogP contribution in [-0.4, -0.2) is 51.9 Å². The van der Waals surface area contributed by atoms with Crippen molar-refractivity contribution < 1.29 is 9.53 Å². The molecule has 2 atom stereocenters. The maximum Gasteiger partial charge on any atom is 0.145 e. The van der Waals surface area contributed by atoms with Gasteiger partial charge in [0.25, 0.3) is 0 Å². The van der Waals surface area contributed by atoms with Gasteiger partial charge in [0, 0.05) is 6.54 Å². The fourth-order valence-corrected chi connectivity index (χ4v) is 1.33. The highest BCUT2D eigenvalue weighted by atomic mass is 16.5. The molecular weight excluding hydrogens is 141 g/mol. The van der Waals surface area contributed by atoms with Crippen molar-refractivity contribution in [3.8, 4) is 0 Å². The van der Waals surface area contributed by atoms with E-state index in [0.717, 1.165) is 19.4 Å². The smallest absolute Gasteiger partial charge is 0.145 e. The largest absolute Gasteiger partial charge is 0.370 e. The van der Waals surface area contributed by atoms with E-state index in [4.69, 9.17) is 12.6 Å². The highest BCUT2D eigenvalue weighted by molar-refractivity contribution is 6.12. The number of hydrogen-bond acceptors (Lipinski definition) is 3. The molecule has 60 valence electrons. The zero-order valence-corrected chi connectivity index (χ0v) is 6.69. The number of likely N-dealkylation sites (N-methyl/N-ethyl adjacent to an activating group) is 1. The van der Waals surface area contributed by atoms with Gasteiger partial charge in [-0.05, 0) is 19.4 Å². The lowest BCUT2D eigenvalue weighted by Crippen LogP contribution is -2.21. The molecule has 0 saturated carbocycles. The van der Waals surface area contributed by atoms with E-state index in [2.05, 4.69) is 4.90 Å². The summed E-state index contributed by atoms with van der Waals surface area (Å²) in [7, 11) is 7.72. The van der Waals surface area contributed by atoms with Crippen LogP contribution in [0.4, 0.5) is 0 Å². The van der Waals surface area contributed by atoms with Crippen LogP contribution in [0.15, 0.2) is 0 Å². The molecule has 4 heteroatoms. The molecule has 0 bridgehead atoms. The van der Waals surface area contributed by atoms with Crippen LogP contribution >= 0.6 is 0 Å². The Morgan fingerprint density at radius 1 is 1.73 bits per heavy atom. The van der Waals surface area contributed by atoms with Crippen molar-refractivity contribution in [2.75, 3.05) is 26.7 Å². The van der Waals surface area contributed by atoms with E-state index in [9.17, 15) is 4.79 Å². The van der Waals surface area contributed by atoms with Gasteiger partial charge in [-0.1, -0.05) is 0 Å². The summed E-state index contributed by atoms with van der Waals surface area (Å²) in [6, 6.07) is 0. The molecule has 0 aromatic rings. The van der Waals surface area contributed by atoms with Gasteiger partial charge in [-0.25, -0.2) is 0 Å². The van der Waals surface area contributed by atoms with Crippen molar-refractivity contribution in [2.24, 2.45) is 0 Å². The SMILES string of the molecule is [B]C1CN(C)CC1OCC=O. The first-order valence-electron chi connectivity index (χ1n) is 3.73. The molecule has 1 aliphatic rings. The van der Waals surface area contributed by atoms with Gasteiger partial charge in [-0.3, -0.25) is 0 Å². The third-order valence-electron chi connectivity index (χ3n) is 1.87. The zero-order valence-electron chi connectivity index (χ0n) is 6.69. The summed E-state index contributed by atoms with van der Waals surface area (Å²) < 4.78 is 5.20. The molecule has 1 rings (SSSR count). The molecule has 0 aromatic carbocycles. The predicted molar refractivity (Wildman–Crippen MR) is 42.8 cm³/mol. The lowest BCUT2D eigenvalue weighted by molar-refractivity contribution is -0.113. The molecule has 1 heterocycles. The zero-order chi connectivity index (χ0) is 8.27. The first-order chi connectivity index (χ1) is 5.24. The minimum Gasteiger partial charge on any atom is -0.370 e. The Labute approximate surface area is 68.1 Å². The van der Waals surface area contributed by atoms with Crippen molar-refractivity contribution >= 4 is 14.1 Å². The summed E-state index contributed by atoms with van der Waals surface area (Å²) in [6.45, 7) is 1.84. The second-order valence-electron chi connectivity index (χ2n) is 2.92. The molecule has 2 radical (unpaired) electrons. The summed E-state index contributed by atoms with van der Waals surface area (Å²) in [5.74, 6) is 0.0555. The third-order valence-corrected chi connectivity index (χ3v) is 1.87. The lowest BCUT2D eigenvalue weighted by atomic mass is 9.85. The van der Waals surface area contributed by atoms with E-state index < -0.39 is 0 Å². The second kappa shape index (κ2) is 3.88. The Balaban J connectivity index is 2.28. The van der Waals surface area contributed by atoms with Gasteiger partial charge in [-0.2, -0.15) is 0 Å². The quantitative estimate of drug-likeness (QED) is 0.403. The van der Waals surface area contributed by atoms with Crippen LogP contribution in [0, 0.1) is 0 Å². The highest BCUT2D eigenvalue weighted by Gasteiger charge is 2.26. The van der Waals surface area contributed by atoms with Gasteiger partial charge in [0.2, 0.25) is 0 Å². The van der Waals surface area contributed by atoms with Crippen LogP contribution in [0.1, 0.15) is 0 Å². The number of likely N-dealkylation sites (tertiary alicyclic amines) is 1. The van der Waals surface area contributed by atoms with Crippen LogP contribution in [0.2, 0.25) is 5.82 Å². The Kier molecular flexibility index (Phi) is 3.08. The van der Waals surface area contributed by atoms with Gasteiger partial charge >= 0.3 is 0 Å². The molecule has 0 N–H and O–H groups in total. The van der Waals surface area contributed by atoms with Crippen LogP contribution in [-0.2, 0) is 9.53 Å². The summed E-state index contributed by atoms with van der Waals surface area (Å²) in [6.07, 6.45) is 0.788. The van der Waals surface area contributed by atoms with E-state index in [-0.39, 0.29) is 18.5 Å². The number of carbonyl (C=O) groups excluding carboxylic acids is 1. The molecular formula is C7H12BNO2. The number of aldehydes is 1. The summed E-state index contributed by atoms with van der Waals surface area (Å²) in [4.78, 5) is 12.1. The van der Waals surface area contributed by atoms with Gasteiger partial charge in [0.15, 0.2) is 0 Å². The van der Waals surface area contributed by atoms with Crippen LogP contribution in [0.3, 0.4) is 0 Å². The lowest BCUT2D eigenvalue weighted by Gasteiger charge is -2.12. The molecule has 2 unspecified atom stereocenters. The average Bonchev–Trinajstić information content (AvgIpc) is 2.26. The van der Waals surface area contributed by atoms with Crippen LogP contribution in [0.25, 0.3) is 0 Å². The number of ether oxygens (including phenoxy) is 1. The van der Waals surface area contributed by atoms with Crippen molar-refractivity contribution in [3.05, 3.63) is 0 Å². The minimum absolute atomic E-state index is 0.0326. The van der Waals surface area contributed by atoms with Crippen molar-refractivity contribution in [3.63, 3.8) is 0 Å². The molecule has 0 aromatic heterocycles. The van der Waals surface area contributed by atoms with Gasteiger partial charge < -0.3 is 14.4 Å². The van der Waals surface area contributed by atoms with Crippen LogP contribution < -0.4 is 0 Å². The van der Waals surface area contributed by atoms with Gasteiger partial charge in [-0.15, -0.1) is 0 Å². The summed E-state index contributed by atoms with van der Waals surface area (Å²) in [5.41, 5.74) is 0. The van der Waals surface area contributed by atoms with Crippen molar-refractivity contribution in [1.29, 1.82) is 0 Å². The Morgan fingerprint density at radius 2 is 2.45 bits per heavy atom.